The van der Waals surface area contributed by atoms with E-state index >= 15 is 0 Å². The molecule has 13 nitrogen and oxygen atoms in total. The molecule has 0 aliphatic heterocycles. The third kappa shape index (κ3) is 78.9. The molecule has 0 aromatic carbocycles. The van der Waals surface area contributed by atoms with Gasteiger partial charge in [0.15, 0.2) is 0 Å². The van der Waals surface area contributed by atoms with Crippen LogP contribution in [0.2, 0.25) is 0 Å². The molecule has 0 aliphatic rings. The van der Waals surface area contributed by atoms with Gasteiger partial charge in [-0.3, -0.25) is 24.0 Å². The molecule has 0 saturated heterocycles. The third-order valence-corrected chi connectivity index (χ3v) is 25.9. The molecule has 0 aromatic rings. The van der Waals surface area contributed by atoms with Crippen molar-refractivity contribution in [2.24, 2.45) is 35.5 Å². The van der Waals surface area contributed by atoms with Crippen LogP contribution in [-0.2, 0) is 42.9 Å². The summed E-state index contributed by atoms with van der Waals surface area (Å²) in [6, 6.07) is 0. The van der Waals surface area contributed by atoms with E-state index in [-0.39, 0.29) is 29.8 Å². The van der Waals surface area contributed by atoms with Gasteiger partial charge in [0.25, 0.3) is 0 Å². The lowest BCUT2D eigenvalue weighted by Crippen LogP contribution is -2.33. The minimum Gasteiger partial charge on any atom is -0.466 e. The monoisotopic (exact) mass is 1650 g/mol. The van der Waals surface area contributed by atoms with Gasteiger partial charge in [-0.15, -0.1) is 0 Å². The Balaban J connectivity index is 4.62. The van der Waals surface area contributed by atoms with Crippen LogP contribution in [0.3, 0.4) is 0 Å². The zero-order chi connectivity index (χ0) is 85.8. The number of esters is 4. The van der Waals surface area contributed by atoms with E-state index in [0.717, 1.165) is 203 Å². The molecular formula is C104H204N4O9. The number of hydrogen-bond donors (Lipinski definition) is 0. The van der Waals surface area contributed by atoms with Gasteiger partial charge in [0.05, 0.1) is 26.4 Å². The predicted octanol–water partition coefficient (Wildman–Crippen LogP) is 29.6. The van der Waals surface area contributed by atoms with Gasteiger partial charge in [0.2, 0.25) is 5.91 Å². The maximum absolute atomic E-state index is 13.4. The van der Waals surface area contributed by atoms with E-state index in [0.29, 0.717) is 58.5 Å². The van der Waals surface area contributed by atoms with Crippen LogP contribution in [0.1, 0.15) is 505 Å². The lowest BCUT2D eigenvalue weighted by molar-refractivity contribution is -0.144. The zero-order valence-corrected chi connectivity index (χ0v) is 80.7. The normalized spacial score (nSPS) is 12.9. The number of carbonyl (C=O) groups is 5. The first-order valence-corrected chi connectivity index (χ1v) is 52.0. The minimum atomic E-state index is -0.0469. The molecule has 0 aromatic heterocycles. The number of ether oxygens (including phenoxy) is 4. The SMILES string of the molecule is CCCCCC(CCCCC)CCCCOC(=O)CCCCCCCN(CCCCCCCC(=O)OCCCCC(CCCCC)CCCC(C)C(CC)CCC(CCCCC)CCCCOC(=O)CCCCCCCN(CCCCCCCC(=O)OCCCCC(CCCCC)CCCCC)C(=O)CCCN(C)C)CCCCN(C)C. The Morgan fingerprint density at radius 1 is 0.231 bits per heavy atom. The lowest BCUT2D eigenvalue weighted by atomic mass is 9.80. The standard InChI is InChI=1S/C104H204N4O9/c1-13-20-38-65-95(66-39-21-14-2)71-48-58-90-114-101(110)77-44-30-26-34-52-85-107(87-57-56-83-105(9)10)86-53-35-27-31-45-78-102(111)116-92-60-50-73-97(69-42-24-17-5)75-62-64-94(8)99(19-7)82-81-98(70-43-25-18-6)74-51-61-93-117-104(113)80-47-33-29-37-55-89-108(100(109)76-63-84-106(11)12)88-54-36-28-32-46-79-103(112)115-91-59-49-72-96(67-40-22-15-3)68-41-23-16-4/h94-99H,13-93H2,1-12H3. The number of unbranched alkanes of at least 4 members (excludes halogenated alkanes) is 33. The van der Waals surface area contributed by atoms with E-state index in [1.807, 2.05) is 0 Å². The number of rotatable bonds is 94. The van der Waals surface area contributed by atoms with Crippen LogP contribution in [0, 0.1) is 35.5 Å². The summed E-state index contributed by atoms with van der Waals surface area (Å²) in [4.78, 5) is 73.3. The third-order valence-electron chi connectivity index (χ3n) is 25.9. The molecule has 0 radical (unpaired) electrons. The molecule has 0 bridgehead atoms. The minimum absolute atomic E-state index is 0.000606. The van der Waals surface area contributed by atoms with Crippen LogP contribution >= 0.6 is 0 Å². The van der Waals surface area contributed by atoms with Crippen LogP contribution in [0.15, 0.2) is 0 Å². The first-order chi connectivity index (χ1) is 57.0. The number of nitrogens with zero attached hydrogens (tertiary/aromatic N) is 4. The van der Waals surface area contributed by atoms with Crippen LogP contribution in [0.5, 0.6) is 0 Å². The molecule has 0 N–H and O–H groups in total. The number of carbonyl (C=O) groups excluding carboxylic acids is 5. The van der Waals surface area contributed by atoms with E-state index in [1.165, 1.54) is 296 Å². The molecule has 0 saturated carbocycles. The first-order valence-electron chi connectivity index (χ1n) is 52.0. The topological polar surface area (TPSA) is 135 Å². The Hall–Kier alpha value is -2.77. The molecule has 0 fully saturated rings. The average molecular weight is 1650 g/mol. The molecule has 0 rings (SSSR count). The molecule has 117 heavy (non-hydrogen) atoms. The van der Waals surface area contributed by atoms with Gasteiger partial charge in [-0.1, -0.05) is 344 Å². The van der Waals surface area contributed by atoms with Crippen molar-refractivity contribution in [3.63, 3.8) is 0 Å². The van der Waals surface area contributed by atoms with Crippen LogP contribution in [0.25, 0.3) is 0 Å². The molecule has 0 spiro atoms. The average Bonchev–Trinajstić information content (AvgIpc) is 0.934. The predicted molar refractivity (Wildman–Crippen MR) is 503 cm³/mol. The van der Waals surface area contributed by atoms with Crippen LogP contribution in [-0.4, -0.2) is 150 Å². The van der Waals surface area contributed by atoms with Crippen molar-refractivity contribution < 1.29 is 42.9 Å². The summed E-state index contributed by atoms with van der Waals surface area (Å²) >= 11 is 0. The van der Waals surface area contributed by atoms with Crippen molar-refractivity contribution in [2.45, 2.75) is 505 Å². The Morgan fingerprint density at radius 2 is 0.479 bits per heavy atom. The van der Waals surface area contributed by atoms with Gasteiger partial charge < -0.3 is 38.5 Å². The summed E-state index contributed by atoms with van der Waals surface area (Å²) in [5.41, 5.74) is 0. The fourth-order valence-corrected chi connectivity index (χ4v) is 17.9. The summed E-state index contributed by atoms with van der Waals surface area (Å²) in [7, 11) is 8.48. The molecule has 4 unspecified atom stereocenters. The van der Waals surface area contributed by atoms with Crippen molar-refractivity contribution in [1.29, 1.82) is 0 Å². The highest BCUT2D eigenvalue weighted by Gasteiger charge is 2.21. The van der Waals surface area contributed by atoms with E-state index in [1.54, 1.807) is 0 Å². The highest BCUT2D eigenvalue weighted by Crippen LogP contribution is 2.33. The molecule has 4 atom stereocenters. The number of hydrogen-bond acceptors (Lipinski definition) is 12. The molecule has 13 heteroatoms. The van der Waals surface area contributed by atoms with Crippen LogP contribution in [0.4, 0.5) is 0 Å². The van der Waals surface area contributed by atoms with Crippen molar-refractivity contribution in [3.8, 4) is 0 Å². The summed E-state index contributed by atoms with van der Waals surface area (Å²) in [6.45, 7) is 28.2. The molecule has 0 aliphatic carbocycles. The second-order valence-corrected chi connectivity index (χ2v) is 37.7. The fourth-order valence-electron chi connectivity index (χ4n) is 17.9. The summed E-state index contributed by atoms with van der Waals surface area (Å²) in [6.07, 6.45) is 81.0. The second-order valence-electron chi connectivity index (χ2n) is 37.7. The zero-order valence-electron chi connectivity index (χ0n) is 80.7. The van der Waals surface area contributed by atoms with E-state index in [4.69, 9.17) is 18.9 Å². The Labute approximate surface area is 729 Å². The van der Waals surface area contributed by atoms with Gasteiger partial charge in [0.1, 0.15) is 0 Å². The Morgan fingerprint density at radius 3 is 0.778 bits per heavy atom. The summed E-state index contributed by atoms with van der Waals surface area (Å²) < 4.78 is 22.9. The van der Waals surface area contributed by atoms with E-state index in [9.17, 15) is 24.0 Å². The Kier molecular flexibility index (Phi) is 86.0. The summed E-state index contributed by atoms with van der Waals surface area (Å²) in [5.74, 6) is 4.93. The first kappa shape index (κ1) is 114. The van der Waals surface area contributed by atoms with Crippen molar-refractivity contribution >= 4 is 29.8 Å². The van der Waals surface area contributed by atoms with Gasteiger partial charge in [0, 0.05) is 45.2 Å². The van der Waals surface area contributed by atoms with Gasteiger partial charge in [-0.05, 0) is 225 Å². The number of amides is 1. The highest BCUT2D eigenvalue weighted by molar-refractivity contribution is 5.76. The van der Waals surface area contributed by atoms with E-state index in [2.05, 4.69) is 103 Å². The van der Waals surface area contributed by atoms with Gasteiger partial charge in [-0.25, -0.2) is 0 Å². The maximum Gasteiger partial charge on any atom is 0.305 e. The quantitative estimate of drug-likeness (QED) is 0.0326. The maximum atomic E-state index is 13.4. The van der Waals surface area contributed by atoms with E-state index < -0.39 is 0 Å². The van der Waals surface area contributed by atoms with Crippen LogP contribution < -0.4 is 0 Å². The molecular weight excluding hydrogens is 1450 g/mol. The van der Waals surface area contributed by atoms with Crippen molar-refractivity contribution in [3.05, 3.63) is 0 Å². The molecule has 1 amide bonds. The summed E-state index contributed by atoms with van der Waals surface area (Å²) in [5, 5.41) is 0. The second kappa shape index (κ2) is 88.1. The van der Waals surface area contributed by atoms with Crippen molar-refractivity contribution in [1.82, 2.24) is 19.6 Å². The molecule has 694 valence electrons. The van der Waals surface area contributed by atoms with Gasteiger partial charge >= 0.3 is 23.9 Å². The van der Waals surface area contributed by atoms with Crippen molar-refractivity contribution in [2.75, 3.05) is 100 Å². The fraction of sp³-hybridized carbons (Fsp3) is 0.952. The smallest absolute Gasteiger partial charge is 0.305 e. The Bertz CT molecular complexity index is 2110. The van der Waals surface area contributed by atoms with Gasteiger partial charge in [-0.2, -0.15) is 0 Å². The lowest BCUT2D eigenvalue weighted by Gasteiger charge is -2.26. The largest absolute Gasteiger partial charge is 0.466 e. The molecule has 0 heterocycles. The highest BCUT2D eigenvalue weighted by atomic mass is 16.5.